The molecule has 0 rings (SSSR count). The molecule has 0 aliphatic heterocycles. The molecule has 0 aliphatic carbocycles. The van der Waals surface area contributed by atoms with Gasteiger partial charge in [-0.25, -0.2) is 9.13 Å². The van der Waals surface area contributed by atoms with Crippen LogP contribution in [0, 0.1) is 0 Å². The quantitative estimate of drug-likeness (QED) is 0.188. The van der Waals surface area contributed by atoms with Crippen molar-refractivity contribution in [3.05, 3.63) is 0 Å². The van der Waals surface area contributed by atoms with Crippen molar-refractivity contribution in [2.75, 3.05) is 0 Å². The maximum absolute atomic E-state index is 8.88. The van der Waals surface area contributed by atoms with E-state index in [4.69, 9.17) is 38.5 Å². The second kappa shape index (κ2) is 18.0. The van der Waals surface area contributed by atoms with Gasteiger partial charge in [-0.15, -0.1) is 0 Å². The molecule has 0 aromatic rings. The van der Waals surface area contributed by atoms with Crippen LogP contribution in [0.15, 0.2) is 0 Å². The van der Waals surface area contributed by atoms with Gasteiger partial charge in [0.05, 0.1) is 0 Å². The molecular weight excluding hydrogens is 333 g/mol. The topological polar surface area (TPSA) is 156 Å². The van der Waals surface area contributed by atoms with E-state index < -0.39 is 15.6 Å². The van der Waals surface area contributed by atoms with E-state index in [0.29, 0.717) is 0 Å². The van der Waals surface area contributed by atoms with Crippen molar-refractivity contribution in [2.24, 2.45) is 0 Å². The van der Waals surface area contributed by atoms with E-state index >= 15 is 0 Å². The Labute approximate surface area is 192 Å². The molecule has 0 saturated carbocycles. The zero-order valence-electron chi connectivity index (χ0n) is 4.39. The molecule has 0 unspecified atom stereocenters. The van der Waals surface area contributed by atoms with Crippen molar-refractivity contribution in [1.29, 1.82) is 0 Å². The molecule has 0 aromatic carbocycles. The van der Waals surface area contributed by atoms with Gasteiger partial charge in [0, 0.05) is 0 Å². The van der Waals surface area contributed by atoms with Crippen molar-refractivity contribution < 1.29 is 38.5 Å². The summed E-state index contributed by atoms with van der Waals surface area (Å²) in [5.41, 5.74) is 0. The second-order valence-electron chi connectivity index (χ2n) is 1.03. The molecule has 0 radical (unpaired) electrons. The van der Waals surface area contributed by atoms with Crippen molar-refractivity contribution in [2.45, 2.75) is 0 Å². The summed E-state index contributed by atoms with van der Waals surface area (Å²) in [6.07, 6.45) is 0. The van der Waals surface area contributed by atoms with Crippen molar-refractivity contribution >= 4 is 158 Å². The minimum absolute atomic E-state index is 0. The first-order valence-electron chi connectivity index (χ1n) is 1.57. The summed E-state index contributed by atoms with van der Waals surface area (Å²) >= 11 is 0. The van der Waals surface area contributed by atoms with E-state index in [1.165, 1.54) is 0 Å². The van der Waals surface area contributed by atoms with Crippen LogP contribution in [0.4, 0.5) is 0 Å². The van der Waals surface area contributed by atoms with Crippen molar-refractivity contribution in [3.63, 3.8) is 0 Å². The molecule has 0 bridgehead atoms. The summed E-state index contributed by atoms with van der Waals surface area (Å²) in [4.78, 5) is 43.1. The van der Waals surface area contributed by atoms with E-state index in [9.17, 15) is 0 Å². The standard InChI is InChI=1S/3Ca.Na.2H3O4P.7H/c;;;;2*1-5(2,3)4;;;;;;;/h;;;;2*(H3,1,2,3,4);;;;;;;. The molecule has 0 aromatic heterocycles. The zero-order valence-corrected chi connectivity index (χ0v) is 6.18. The van der Waals surface area contributed by atoms with Gasteiger partial charge >= 0.3 is 158 Å². The third kappa shape index (κ3) is 174. The molecule has 78 valence electrons. The van der Waals surface area contributed by atoms with Gasteiger partial charge < -0.3 is 29.4 Å². The number of hydrogen-bond acceptors (Lipinski definition) is 2. The first-order valence-corrected chi connectivity index (χ1v) is 4.70. The van der Waals surface area contributed by atoms with Gasteiger partial charge in [-0.05, 0) is 0 Å². The monoisotopic (exact) mass is 346 g/mol. The Morgan fingerprint density at radius 3 is 0.571 bits per heavy atom. The summed E-state index contributed by atoms with van der Waals surface area (Å²) in [5.74, 6) is 0. The summed E-state index contributed by atoms with van der Waals surface area (Å²) in [6.45, 7) is 0. The van der Waals surface area contributed by atoms with Crippen LogP contribution in [0.25, 0.3) is 0 Å². The van der Waals surface area contributed by atoms with Crippen LogP contribution in [0.1, 0.15) is 0 Å². The summed E-state index contributed by atoms with van der Waals surface area (Å²) in [5, 5.41) is 0. The molecule has 0 amide bonds. The summed E-state index contributed by atoms with van der Waals surface area (Å²) < 4.78 is 17.8. The maximum atomic E-state index is 8.88. The number of phosphoric acid groups is 2. The first-order chi connectivity index (χ1) is 4.00. The Morgan fingerprint density at radius 2 is 0.571 bits per heavy atom. The van der Waals surface area contributed by atoms with Crippen LogP contribution in [0.5, 0.6) is 0 Å². The molecule has 14 heavy (non-hydrogen) atoms. The van der Waals surface area contributed by atoms with Gasteiger partial charge in [0.2, 0.25) is 0 Å². The SMILES string of the molecule is O=P(O)(O)O.O=P(O)(O)O.[CaH2].[CaH2].[CaH2].[NaH]. The average Bonchev–Trinajstić information content (AvgIpc) is 1.12. The van der Waals surface area contributed by atoms with Crippen molar-refractivity contribution in [1.82, 2.24) is 0 Å². The molecule has 0 fully saturated rings. The molecular formula is H13Ca3NaO8P2. The van der Waals surface area contributed by atoms with Crippen LogP contribution in [0.3, 0.4) is 0 Å². The van der Waals surface area contributed by atoms with E-state index in [1.807, 2.05) is 0 Å². The van der Waals surface area contributed by atoms with E-state index in [2.05, 4.69) is 0 Å². The third-order valence-electron chi connectivity index (χ3n) is 0. The Hall–Kier alpha value is 5.00. The Balaban J connectivity index is -0.0000000178. The van der Waals surface area contributed by atoms with E-state index in [1.54, 1.807) is 0 Å². The van der Waals surface area contributed by atoms with Crippen LogP contribution in [-0.2, 0) is 9.13 Å². The van der Waals surface area contributed by atoms with E-state index in [-0.39, 0.29) is 143 Å². The van der Waals surface area contributed by atoms with Gasteiger partial charge in [0.15, 0.2) is 0 Å². The molecule has 0 spiro atoms. The first kappa shape index (κ1) is 36.4. The predicted octanol–water partition coefficient (Wildman–Crippen LogP) is -5.25. The fraction of sp³-hybridized carbons (Fsp3) is 0. The Bertz CT molecular complexity index is 135. The average molecular weight is 346 g/mol. The fourth-order valence-electron chi connectivity index (χ4n) is 0. The Morgan fingerprint density at radius 1 is 0.571 bits per heavy atom. The number of rotatable bonds is 0. The summed E-state index contributed by atoms with van der Waals surface area (Å²) in [7, 11) is -9.28. The van der Waals surface area contributed by atoms with Gasteiger partial charge in [-0.3, -0.25) is 0 Å². The van der Waals surface area contributed by atoms with E-state index in [0.717, 1.165) is 0 Å². The number of hydrogen-bond donors (Lipinski definition) is 6. The molecule has 14 heteroatoms. The molecule has 6 N–H and O–H groups in total. The van der Waals surface area contributed by atoms with Crippen molar-refractivity contribution in [3.8, 4) is 0 Å². The molecule has 0 saturated heterocycles. The molecule has 0 atom stereocenters. The third-order valence-corrected chi connectivity index (χ3v) is 0. The Kier molecular flexibility index (Phi) is 46.8. The minimum atomic E-state index is -4.64. The van der Waals surface area contributed by atoms with Gasteiger partial charge in [-0.2, -0.15) is 0 Å². The van der Waals surface area contributed by atoms with Gasteiger partial charge in [-0.1, -0.05) is 0 Å². The van der Waals surface area contributed by atoms with Gasteiger partial charge in [0.25, 0.3) is 0 Å². The van der Waals surface area contributed by atoms with Crippen LogP contribution in [0.2, 0.25) is 0 Å². The molecule has 8 nitrogen and oxygen atoms in total. The predicted molar refractivity (Wildman–Crippen MR) is 61.3 cm³/mol. The van der Waals surface area contributed by atoms with Crippen LogP contribution in [-0.4, -0.2) is 172 Å². The zero-order chi connectivity index (χ0) is 9.00. The fourth-order valence-corrected chi connectivity index (χ4v) is 0. The normalized spacial score (nSPS) is 8.43. The molecule has 0 heterocycles. The second-order valence-corrected chi connectivity index (χ2v) is 3.08. The molecule has 0 aliphatic rings. The van der Waals surface area contributed by atoms with Crippen LogP contribution >= 0.6 is 15.6 Å². The van der Waals surface area contributed by atoms with Crippen LogP contribution < -0.4 is 0 Å². The summed E-state index contributed by atoms with van der Waals surface area (Å²) in [6, 6.07) is 0. The van der Waals surface area contributed by atoms with Gasteiger partial charge in [0.1, 0.15) is 0 Å².